The lowest BCUT2D eigenvalue weighted by molar-refractivity contribution is 0.0998. The molecule has 0 atom stereocenters. The summed E-state index contributed by atoms with van der Waals surface area (Å²) in [5.41, 5.74) is 1.16. The van der Waals surface area contributed by atoms with Crippen LogP contribution in [0.2, 0.25) is 15.1 Å². The maximum absolute atomic E-state index is 12.3. The Balaban J connectivity index is 2.14. The highest BCUT2D eigenvalue weighted by molar-refractivity contribution is 7.16. The number of rotatable bonds is 1. The highest BCUT2D eigenvalue weighted by Crippen LogP contribution is 2.25. The van der Waals surface area contributed by atoms with Gasteiger partial charge in [-0.25, -0.2) is 0 Å². The fourth-order valence-corrected chi connectivity index (χ4v) is 3.96. The summed E-state index contributed by atoms with van der Waals surface area (Å²) in [7, 11) is 1.82. The van der Waals surface area contributed by atoms with Crippen LogP contribution in [0.4, 0.5) is 0 Å². The van der Waals surface area contributed by atoms with Gasteiger partial charge < -0.3 is 4.57 Å². The molecule has 0 aliphatic rings. The molecule has 0 aliphatic heterocycles. The summed E-state index contributed by atoms with van der Waals surface area (Å²) >= 11 is 19.5. The third-order valence-electron chi connectivity index (χ3n) is 3.13. The van der Waals surface area contributed by atoms with Crippen LogP contribution in [0.1, 0.15) is 10.4 Å². The van der Waals surface area contributed by atoms with E-state index in [0.717, 1.165) is 10.2 Å². The second-order valence-electron chi connectivity index (χ2n) is 4.57. The molecule has 0 fully saturated rings. The fraction of sp³-hybridized carbons (Fsp3) is 0.0667. The molecular weight excluding hydrogens is 363 g/mol. The van der Waals surface area contributed by atoms with Gasteiger partial charge in [0.25, 0.3) is 5.91 Å². The molecule has 3 rings (SSSR count). The predicted molar refractivity (Wildman–Crippen MR) is 92.2 cm³/mol. The Labute approximate surface area is 145 Å². The van der Waals surface area contributed by atoms with Crippen molar-refractivity contribution in [1.29, 1.82) is 0 Å². The van der Waals surface area contributed by atoms with Crippen LogP contribution in [0.3, 0.4) is 0 Å². The first-order valence-corrected chi connectivity index (χ1v) is 8.20. The van der Waals surface area contributed by atoms with Gasteiger partial charge in [0.05, 0.1) is 25.8 Å². The lowest BCUT2D eigenvalue weighted by Crippen LogP contribution is -2.13. The predicted octanol–water partition coefficient (Wildman–Crippen LogP) is 4.94. The number of para-hydroxylation sites is 1. The minimum atomic E-state index is -0.417. The highest BCUT2D eigenvalue weighted by atomic mass is 35.5. The number of hydrogen-bond donors (Lipinski definition) is 0. The summed E-state index contributed by atoms with van der Waals surface area (Å²) < 4.78 is 2.76. The normalized spacial score (nSPS) is 12.1. The van der Waals surface area contributed by atoms with Crippen LogP contribution in [-0.4, -0.2) is 10.5 Å². The average Bonchev–Trinajstić information content (AvgIpc) is 2.76. The summed E-state index contributed by atoms with van der Waals surface area (Å²) in [5.74, 6) is -0.417. The van der Waals surface area contributed by atoms with Gasteiger partial charge in [-0.1, -0.05) is 52.2 Å². The van der Waals surface area contributed by atoms with E-state index in [1.54, 1.807) is 22.8 Å². The summed E-state index contributed by atoms with van der Waals surface area (Å²) in [6, 6.07) is 10.3. The van der Waals surface area contributed by atoms with Gasteiger partial charge >= 0.3 is 0 Å². The van der Waals surface area contributed by atoms with E-state index >= 15 is 0 Å². The van der Waals surface area contributed by atoms with Crippen molar-refractivity contribution < 1.29 is 4.79 Å². The van der Waals surface area contributed by atoms with Crippen molar-refractivity contribution in [2.45, 2.75) is 0 Å². The van der Waals surface area contributed by atoms with Gasteiger partial charge in [-0.05, 0) is 30.3 Å². The van der Waals surface area contributed by atoms with Crippen molar-refractivity contribution in [3.8, 4) is 0 Å². The van der Waals surface area contributed by atoms with Gasteiger partial charge in [-0.3, -0.25) is 4.79 Å². The number of carbonyl (C=O) groups excluding carboxylic acids is 1. The van der Waals surface area contributed by atoms with E-state index in [-0.39, 0.29) is 5.02 Å². The van der Waals surface area contributed by atoms with E-state index in [1.807, 2.05) is 19.2 Å². The van der Waals surface area contributed by atoms with Gasteiger partial charge in [0.15, 0.2) is 4.80 Å². The Kier molecular flexibility index (Phi) is 4.28. The molecule has 1 heterocycles. The minimum absolute atomic E-state index is 0.281. The van der Waals surface area contributed by atoms with Crippen molar-refractivity contribution in [2.24, 2.45) is 12.0 Å². The molecule has 0 bridgehead atoms. The van der Waals surface area contributed by atoms with Gasteiger partial charge in [0.2, 0.25) is 0 Å². The Morgan fingerprint density at radius 2 is 1.91 bits per heavy atom. The van der Waals surface area contributed by atoms with E-state index < -0.39 is 5.91 Å². The first-order chi connectivity index (χ1) is 10.5. The van der Waals surface area contributed by atoms with Gasteiger partial charge in [0.1, 0.15) is 0 Å². The van der Waals surface area contributed by atoms with Crippen LogP contribution < -0.4 is 4.80 Å². The number of aromatic nitrogens is 1. The number of fused-ring (bicyclic) bond motifs is 1. The van der Waals surface area contributed by atoms with Gasteiger partial charge in [-0.2, -0.15) is 4.99 Å². The number of amides is 1. The minimum Gasteiger partial charge on any atom is -0.318 e. The van der Waals surface area contributed by atoms with Crippen LogP contribution in [0.15, 0.2) is 41.4 Å². The number of halogens is 3. The van der Waals surface area contributed by atoms with Crippen molar-refractivity contribution in [1.82, 2.24) is 4.57 Å². The summed E-state index contributed by atoms with van der Waals surface area (Å²) in [5, 5.41) is 1.37. The van der Waals surface area contributed by atoms with E-state index in [4.69, 9.17) is 34.8 Å². The summed E-state index contributed by atoms with van der Waals surface area (Å²) in [6.45, 7) is 0. The van der Waals surface area contributed by atoms with Crippen molar-refractivity contribution >= 4 is 62.3 Å². The number of hydrogen-bond acceptors (Lipinski definition) is 2. The molecule has 0 saturated heterocycles. The van der Waals surface area contributed by atoms with Crippen LogP contribution in [0, 0.1) is 0 Å². The van der Waals surface area contributed by atoms with E-state index in [0.29, 0.717) is 20.4 Å². The van der Waals surface area contributed by atoms with Crippen molar-refractivity contribution in [3.63, 3.8) is 0 Å². The maximum atomic E-state index is 12.3. The van der Waals surface area contributed by atoms with E-state index in [1.165, 1.54) is 17.4 Å². The SMILES string of the molecule is Cn1c(=NC(=O)c2ccc(Cl)cc2Cl)sc2cccc(Cl)c21. The zero-order chi connectivity index (χ0) is 15.9. The molecule has 0 N–H and O–H groups in total. The molecule has 7 heteroatoms. The van der Waals surface area contributed by atoms with E-state index in [2.05, 4.69) is 4.99 Å². The van der Waals surface area contributed by atoms with Crippen LogP contribution in [0.25, 0.3) is 10.2 Å². The monoisotopic (exact) mass is 370 g/mol. The number of benzene rings is 2. The van der Waals surface area contributed by atoms with E-state index in [9.17, 15) is 4.79 Å². The Morgan fingerprint density at radius 3 is 2.59 bits per heavy atom. The van der Waals surface area contributed by atoms with Crippen LogP contribution >= 0.6 is 46.1 Å². The lowest BCUT2D eigenvalue weighted by atomic mass is 10.2. The quantitative estimate of drug-likeness (QED) is 0.596. The number of thiazole rings is 1. The highest BCUT2D eigenvalue weighted by Gasteiger charge is 2.12. The summed E-state index contributed by atoms with van der Waals surface area (Å²) in [4.78, 5) is 17.0. The molecule has 0 radical (unpaired) electrons. The fourth-order valence-electron chi connectivity index (χ4n) is 2.07. The third-order valence-corrected chi connectivity index (χ3v) is 5.08. The van der Waals surface area contributed by atoms with Crippen LogP contribution in [-0.2, 0) is 7.05 Å². The molecule has 0 saturated carbocycles. The lowest BCUT2D eigenvalue weighted by Gasteiger charge is -2.00. The first kappa shape index (κ1) is 15.6. The van der Waals surface area contributed by atoms with Crippen molar-refractivity contribution in [2.75, 3.05) is 0 Å². The molecule has 1 aromatic heterocycles. The maximum Gasteiger partial charge on any atom is 0.281 e. The largest absolute Gasteiger partial charge is 0.318 e. The average molecular weight is 372 g/mol. The molecule has 0 spiro atoms. The topological polar surface area (TPSA) is 34.4 Å². The zero-order valence-corrected chi connectivity index (χ0v) is 14.4. The molecule has 112 valence electrons. The van der Waals surface area contributed by atoms with Gasteiger partial charge in [0, 0.05) is 12.1 Å². The molecule has 1 amide bonds. The number of aryl methyl sites for hydroxylation is 1. The van der Waals surface area contributed by atoms with Gasteiger partial charge in [-0.15, -0.1) is 0 Å². The molecule has 0 unspecified atom stereocenters. The Morgan fingerprint density at radius 1 is 1.14 bits per heavy atom. The number of nitrogens with zero attached hydrogens (tertiary/aromatic N) is 2. The smallest absolute Gasteiger partial charge is 0.281 e. The second-order valence-corrected chi connectivity index (χ2v) is 6.83. The third kappa shape index (κ3) is 2.79. The Hall–Kier alpha value is -1.33. The summed E-state index contributed by atoms with van der Waals surface area (Å²) in [6.07, 6.45) is 0. The molecular formula is C15H9Cl3N2OS. The molecule has 2 aromatic carbocycles. The first-order valence-electron chi connectivity index (χ1n) is 6.25. The molecule has 3 nitrogen and oxygen atoms in total. The Bertz CT molecular complexity index is 959. The molecule has 3 aromatic rings. The van der Waals surface area contributed by atoms with Crippen LogP contribution in [0.5, 0.6) is 0 Å². The zero-order valence-electron chi connectivity index (χ0n) is 11.3. The van der Waals surface area contributed by atoms with Crippen molar-refractivity contribution in [3.05, 3.63) is 61.8 Å². The molecule has 0 aliphatic carbocycles. The number of carbonyl (C=O) groups is 1. The standard InChI is InChI=1S/C15H9Cl3N2OS/c1-20-13-10(17)3-2-4-12(13)22-15(20)19-14(21)9-6-5-8(16)7-11(9)18/h2-7H,1H3. The second kappa shape index (κ2) is 6.05. The molecule has 22 heavy (non-hydrogen) atoms.